The Bertz CT molecular complexity index is 273. The van der Waals surface area contributed by atoms with Crippen molar-refractivity contribution in [3.63, 3.8) is 0 Å². The maximum absolute atomic E-state index is 11.6. The van der Waals surface area contributed by atoms with E-state index in [-0.39, 0.29) is 18.4 Å². The highest BCUT2D eigenvalue weighted by Gasteiger charge is 2.23. The number of carbonyl (C=O) groups excluding carboxylic acids is 1. The quantitative estimate of drug-likeness (QED) is 0.642. The van der Waals surface area contributed by atoms with Crippen LogP contribution in [0.3, 0.4) is 0 Å². The van der Waals surface area contributed by atoms with E-state index in [0.717, 1.165) is 12.8 Å². The summed E-state index contributed by atoms with van der Waals surface area (Å²) in [5.41, 5.74) is 0. The van der Waals surface area contributed by atoms with Gasteiger partial charge in [-0.2, -0.15) is 0 Å². The van der Waals surface area contributed by atoms with Crippen LogP contribution < -0.4 is 10.6 Å². The standard InChI is InChI=1S/C12H22N2O3/c1-8(2)11(12(16)17)14-10(15)7-13-9-5-3-4-6-9/h8-9,11,13H,3-7H2,1-2H3,(H,14,15)(H,16,17). The highest BCUT2D eigenvalue weighted by atomic mass is 16.4. The first-order valence-corrected chi connectivity index (χ1v) is 6.26. The van der Waals surface area contributed by atoms with Crippen molar-refractivity contribution in [3.8, 4) is 0 Å². The van der Waals surface area contributed by atoms with E-state index < -0.39 is 12.0 Å². The van der Waals surface area contributed by atoms with Crippen LogP contribution >= 0.6 is 0 Å². The minimum atomic E-state index is -0.978. The normalized spacial score (nSPS) is 18.3. The molecule has 0 bridgehead atoms. The van der Waals surface area contributed by atoms with Gasteiger partial charge in [0.2, 0.25) is 5.91 Å². The highest BCUT2D eigenvalue weighted by Crippen LogP contribution is 2.17. The number of hydrogen-bond acceptors (Lipinski definition) is 3. The van der Waals surface area contributed by atoms with E-state index >= 15 is 0 Å². The van der Waals surface area contributed by atoms with Crippen molar-refractivity contribution < 1.29 is 14.7 Å². The van der Waals surface area contributed by atoms with Crippen molar-refractivity contribution in [2.24, 2.45) is 5.92 Å². The van der Waals surface area contributed by atoms with E-state index in [4.69, 9.17) is 5.11 Å². The molecule has 1 aliphatic carbocycles. The molecule has 17 heavy (non-hydrogen) atoms. The Labute approximate surface area is 102 Å². The molecular formula is C12H22N2O3. The van der Waals surface area contributed by atoms with Gasteiger partial charge in [-0.15, -0.1) is 0 Å². The lowest BCUT2D eigenvalue weighted by Crippen LogP contribution is -2.48. The van der Waals surface area contributed by atoms with Crippen LogP contribution in [0.2, 0.25) is 0 Å². The molecule has 0 aromatic heterocycles. The Morgan fingerprint density at radius 1 is 1.29 bits per heavy atom. The fraction of sp³-hybridized carbons (Fsp3) is 0.833. The minimum Gasteiger partial charge on any atom is -0.480 e. The molecule has 1 rings (SSSR count). The summed E-state index contributed by atoms with van der Waals surface area (Å²) < 4.78 is 0. The average molecular weight is 242 g/mol. The third-order valence-corrected chi connectivity index (χ3v) is 3.16. The first-order valence-electron chi connectivity index (χ1n) is 6.26. The molecule has 1 aliphatic rings. The number of rotatable bonds is 6. The van der Waals surface area contributed by atoms with Gasteiger partial charge in [-0.3, -0.25) is 4.79 Å². The molecule has 0 aromatic rings. The van der Waals surface area contributed by atoms with Gasteiger partial charge in [0.1, 0.15) is 6.04 Å². The lowest BCUT2D eigenvalue weighted by Gasteiger charge is -2.19. The summed E-state index contributed by atoms with van der Waals surface area (Å²) >= 11 is 0. The SMILES string of the molecule is CC(C)C(NC(=O)CNC1CCCC1)C(=O)O. The van der Waals surface area contributed by atoms with E-state index in [2.05, 4.69) is 10.6 Å². The molecule has 1 unspecified atom stereocenters. The Morgan fingerprint density at radius 2 is 1.88 bits per heavy atom. The summed E-state index contributed by atoms with van der Waals surface area (Å²) in [6.07, 6.45) is 4.64. The highest BCUT2D eigenvalue weighted by molar-refractivity contribution is 5.84. The smallest absolute Gasteiger partial charge is 0.326 e. The molecule has 0 radical (unpaired) electrons. The minimum absolute atomic E-state index is 0.108. The van der Waals surface area contributed by atoms with Crippen LogP contribution in [0.15, 0.2) is 0 Å². The summed E-state index contributed by atoms with van der Waals surface area (Å²) in [5, 5.41) is 14.6. The first-order chi connectivity index (χ1) is 8.00. The third kappa shape index (κ3) is 4.73. The fourth-order valence-electron chi connectivity index (χ4n) is 2.11. The number of aliphatic carboxylic acids is 1. The van der Waals surface area contributed by atoms with Crippen LogP contribution in [0.1, 0.15) is 39.5 Å². The zero-order valence-corrected chi connectivity index (χ0v) is 10.5. The van der Waals surface area contributed by atoms with Crippen LogP contribution in [0.25, 0.3) is 0 Å². The van der Waals surface area contributed by atoms with Crippen LogP contribution in [-0.2, 0) is 9.59 Å². The summed E-state index contributed by atoms with van der Waals surface area (Å²) in [5.74, 6) is -1.32. The predicted octanol–water partition coefficient (Wildman–Crippen LogP) is 0.744. The van der Waals surface area contributed by atoms with Crippen molar-refractivity contribution in [2.75, 3.05) is 6.54 Å². The van der Waals surface area contributed by atoms with E-state index in [1.807, 2.05) is 0 Å². The summed E-state index contributed by atoms with van der Waals surface area (Å²) in [6.45, 7) is 3.77. The molecule has 3 N–H and O–H groups in total. The molecular weight excluding hydrogens is 220 g/mol. The van der Waals surface area contributed by atoms with Crippen LogP contribution in [0.5, 0.6) is 0 Å². The van der Waals surface area contributed by atoms with Gasteiger partial charge in [0.15, 0.2) is 0 Å². The second kappa shape index (κ2) is 6.59. The first kappa shape index (κ1) is 14.0. The Morgan fingerprint density at radius 3 is 2.35 bits per heavy atom. The van der Waals surface area contributed by atoms with Crippen molar-refractivity contribution in [1.82, 2.24) is 10.6 Å². The molecule has 0 aliphatic heterocycles. The van der Waals surface area contributed by atoms with Crippen LogP contribution in [-0.4, -0.2) is 35.6 Å². The van der Waals surface area contributed by atoms with Crippen LogP contribution in [0.4, 0.5) is 0 Å². The van der Waals surface area contributed by atoms with Crippen molar-refractivity contribution in [3.05, 3.63) is 0 Å². The molecule has 5 heteroatoms. The van der Waals surface area contributed by atoms with Gasteiger partial charge in [-0.1, -0.05) is 26.7 Å². The second-order valence-electron chi connectivity index (χ2n) is 4.99. The zero-order chi connectivity index (χ0) is 12.8. The van der Waals surface area contributed by atoms with Gasteiger partial charge >= 0.3 is 5.97 Å². The second-order valence-corrected chi connectivity index (χ2v) is 4.99. The maximum atomic E-state index is 11.6. The Hall–Kier alpha value is -1.10. The number of hydrogen-bond donors (Lipinski definition) is 3. The summed E-state index contributed by atoms with van der Waals surface area (Å²) in [7, 11) is 0. The van der Waals surface area contributed by atoms with Crippen molar-refractivity contribution >= 4 is 11.9 Å². The molecule has 0 spiro atoms. The van der Waals surface area contributed by atoms with E-state index in [1.165, 1.54) is 12.8 Å². The number of nitrogens with one attached hydrogen (secondary N) is 2. The number of carbonyl (C=O) groups is 2. The molecule has 98 valence electrons. The number of carboxylic acids is 1. The van der Waals surface area contributed by atoms with Gasteiger partial charge in [-0.25, -0.2) is 4.79 Å². The van der Waals surface area contributed by atoms with Crippen molar-refractivity contribution in [2.45, 2.75) is 51.6 Å². The molecule has 0 heterocycles. The average Bonchev–Trinajstić information content (AvgIpc) is 2.74. The zero-order valence-electron chi connectivity index (χ0n) is 10.5. The molecule has 1 amide bonds. The third-order valence-electron chi connectivity index (χ3n) is 3.16. The van der Waals surface area contributed by atoms with Crippen LogP contribution in [0, 0.1) is 5.92 Å². The van der Waals surface area contributed by atoms with E-state index in [0.29, 0.717) is 6.04 Å². The van der Waals surface area contributed by atoms with Gasteiger partial charge in [-0.05, 0) is 18.8 Å². The van der Waals surface area contributed by atoms with Gasteiger partial charge < -0.3 is 15.7 Å². The summed E-state index contributed by atoms with van der Waals surface area (Å²) in [6, 6.07) is -0.379. The molecule has 0 saturated heterocycles. The lowest BCUT2D eigenvalue weighted by molar-refractivity contribution is -0.143. The molecule has 0 aromatic carbocycles. The van der Waals surface area contributed by atoms with Gasteiger partial charge in [0.25, 0.3) is 0 Å². The Kier molecular flexibility index (Phi) is 5.41. The predicted molar refractivity (Wildman–Crippen MR) is 64.7 cm³/mol. The lowest BCUT2D eigenvalue weighted by atomic mass is 10.0. The Balaban J connectivity index is 2.29. The number of carboxylic acid groups (broad SMARTS) is 1. The van der Waals surface area contributed by atoms with Gasteiger partial charge in [0, 0.05) is 6.04 Å². The van der Waals surface area contributed by atoms with Crippen molar-refractivity contribution in [1.29, 1.82) is 0 Å². The van der Waals surface area contributed by atoms with E-state index in [9.17, 15) is 9.59 Å². The molecule has 1 atom stereocenters. The monoisotopic (exact) mass is 242 g/mol. The molecule has 1 saturated carbocycles. The molecule has 1 fully saturated rings. The fourth-order valence-corrected chi connectivity index (χ4v) is 2.11. The topological polar surface area (TPSA) is 78.4 Å². The largest absolute Gasteiger partial charge is 0.480 e. The number of amides is 1. The summed E-state index contributed by atoms with van der Waals surface area (Å²) in [4.78, 5) is 22.5. The van der Waals surface area contributed by atoms with E-state index in [1.54, 1.807) is 13.8 Å². The molecule has 5 nitrogen and oxygen atoms in total. The maximum Gasteiger partial charge on any atom is 0.326 e. The van der Waals surface area contributed by atoms with Gasteiger partial charge in [0.05, 0.1) is 6.54 Å².